The third-order valence-corrected chi connectivity index (χ3v) is 14.7. The highest BCUT2D eigenvalue weighted by atomic mass is 16.7. The van der Waals surface area contributed by atoms with Crippen molar-refractivity contribution in [3.8, 4) is 11.5 Å². The van der Waals surface area contributed by atoms with Gasteiger partial charge in [-0.1, -0.05) is 13.8 Å². The summed E-state index contributed by atoms with van der Waals surface area (Å²) in [7, 11) is 2.93. The summed E-state index contributed by atoms with van der Waals surface area (Å²) in [5.74, 6) is -5.15. The average molecular weight is 674 g/mol. The fourth-order valence-corrected chi connectivity index (χ4v) is 12.7. The van der Waals surface area contributed by atoms with Gasteiger partial charge in [0.1, 0.15) is 11.7 Å². The van der Waals surface area contributed by atoms with Gasteiger partial charge in [-0.3, -0.25) is 4.90 Å². The molecular formula is C36H51NO11. The number of aliphatic hydroxyl groups excluding tert-OH is 3. The quantitative estimate of drug-likeness (QED) is 0.251. The highest BCUT2D eigenvalue weighted by molar-refractivity contribution is 5.90. The molecule has 16 atom stereocenters. The van der Waals surface area contributed by atoms with Crippen molar-refractivity contribution in [1.82, 2.24) is 4.90 Å². The minimum absolute atomic E-state index is 0.0650. The number of carbonyl (C=O) groups excluding carboxylic acids is 1. The number of nitrogens with zero attached hydrogens (tertiary/aromatic N) is 1. The van der Waals surface area contributed by atoms with Gasteiger partial charge in [0.25, 0.3) is 0 Å². The molecule has 1 spiro atoms. The van der Waals surface area contributed by atoms with E-state index in [9.17, 15) is 35.4 Å². The standard InChI is InChI=1S/C36H51NO11/c1-17-6-9-25-33(3,42)27-19(16-37(25)15-17)20-14-34-29(21(38)13-24-32(34,2)11-10-26(39)36(24,44)48-34)35(20,43)30(28(27)40)47-31(41)18-7-8-22(45-4)23(12-18)46-5/h7-8,12,17,19-21,24-30,38-40,42-44H,6,9-11,13-16H2,1-5H3/t17-,19-,20+,21-,24-,25-,26+,27-,28+,29+,30-,32-,33+,34+,35+,36+/m0/s1. The van der Waals surface area contributed by atoms with E-state index in [0.717, 1.165) is 19.4 Å². The Morgan fingerprint density at radius 3 is 2.44 bits per heavy atom. The molecule has 1 aromatic rings. The molecule has 6 N–H and O–H groups in total. The fraction of sp³-hybridized carbons (Fsp3) is 0.806. The largest absolute Gasteiger partial charge is 0.493 e. The number of ether oxygens (including phenoxy) is 4. The van der Waals surface area contributed by atoms with Crippen molar-refractivity contribution in [2.24, 2.45) is 40.9 Å². The number of rotatable bonds is 4. The van der Waals surface area contributed by atoms with Crippen molar-refractivity contribution in [2.45, 2.75) is 112 Å². The van der Waals surface area contributed by atoms with Gasteiger partial charge in [0.2, 0.25) is 0 Å². The van der Waals surface area contributed by atoms with E-state index in [2.05, 4.69) is 11.8 Å². The maximum Gasteiger partial charge on any atom is 0.338 e. The van der Waals surface area contributed by atoms with Gasteiger partial charge in [0.05, 0.1) is 43.2 Å². The minimum atomic E-state index is -2.00. The van der Waals surface area contributed by atoms with Crippen LogP contribution in [0.25, 0.3) is 0 Å². The van der Waals surface area contributed by atoms with Crippen LogP contribution in [0.2, 0.25) is 0 Å². The fourth-order valence-electron chi connectivity index (χ4n) is 12.7. The summed E-state index contributed by atoms with van der Waals surface area (Å²) < 4.78 is 23.7. The van der Waals surface area contributed by atoms with Gasteiger partial charge in [-0.15, -0.1) is 0 Å². The second kappa shape index (κ2) is 10.5. The van der Waals surface area contributed by atoms with Gasteiger partial charge in [-0.25, -0.2) is 4.79 Å². The van der Waals surface area contributed by atoms with E-state index >= 15 is 0 Å². The van der Waals surface area contributed by atoms with E-state index < -0.39 is 88.0 Å². The van der Waals surface area contributed by atoms with E-state index in [4.69, 9.17) is 18.9 Å². The SMILES string of the molecule is COc1ccc(C(=O)O[C@H]2[C@H](O)[C@@H]3[C@@H](CN4C[C@@H](C)CC[C@H]4[C@@]3(C)O)[C@H]3C[C@]45O[C@@]6(O)[C@H](O)CC[C@@]4(C)[C@@H]6C[C@H](O)[C@H]5[C@]32O)cc1OC. The topological polar surface area (TPSA) is 179 Å². The number of hydrogen-bond donors (Lipinski definition) is 6. The molecule has 8 rings (SSSR count). The van der Waals surface area contributed by atoms with Gasteiger partial charge in [0.15, 0.2) is 23.4 Å². The third kappa shape index (κ3) is 3.92. The zero-order valence-electron chi connectivity index (χ0n) is 28.4. The van der Waals surface area contributed by atoms with Gasteiger partial charge in [-0.05, 0) is 81.4 Å². The Morgan fingerprint density at radius 2 is 1.73 bits per heavy atom. The molecule has 48 heavy (non-hydrogen) atoms. The molecular weight excluding hydrogens is 622 g/mol. The molecule has 12 heteroatoms. The van der Waals surface area contributed by atoms with Gasteiger partial charge < -0.3 is 49.6 Å². The second-order valence-electron chi connectivity index (χ2n) is 16.7. The first-order valence-corrected chi connectivity index (χ1v) is 17.7. The summed E-state index contributed by atoms with van der Waals surface area (Å²) in [4.78, 5) is 16.3. The normalized spacial score (nSPS) is 53.6. The molecule has 3 heterocycles. The summed E-state index contributed by atoms with van der Waals surface area (Å²) in [6.45, 7) is 7.22. The molecule has 0 aromatic heterocycles. The van der Waals surface area contributed by atoms with Crippen molar-refractivity contribution in [3.05, 3.63) is 23.8 Å². The predicted octanol–water partition coefficient (Wildman–Crippen LogP) is 1.07. The molecule has 7 fully saturated rings. The number of esters is 1. The summed E-state index contributed by atoms with van der Waals surface area (Å²) in [5, 5.41) is 73.3. The van der Waals surface area contributed by atoms with Gasteiger partial charge in [-0.2, -0.15) is 0 Å². The Bertz CT molecular complexity index is 1490. The lowest BCUT2D eigenvalue weighted by Crippen LogP contribution is -2.77. The summed E-state index contributed by atoms with van der Waals surface area (Å²) in [6, 6.07) is 4.32. The lowest BCUT2D eigenvalue weighted by Gasteiger charge is -2.64. The van der Waals surface area contributed by atoms with Crippen LogP contribution in [0.15, 0.2) is 18.2 Å². The van der Waals surface area contributed by atoms with Crippen LogP contribution >= 0.6 is 0 Å². The van der Waals surface area contributed by atoms with Crippen molar-refractivity contribution < 1.29 is 54.4 Å². The number of fused-ring (bicyclic) bond motifs is 5. The lowest BCUT2D eigenvalue weighted by molar-refractivity contribution is -0.295. The molecule has 4 saturated carbocycles. The molecule has 4 bridgehead atoms. The summed E-state index contributed by atoms with van der Waals surface area (Å²) in [5.41, 5.74) is -5.30. The second-order valence-corrected chi connectivity index (χ2v) is 16.7. The Morgan fingerprint density at radius 1 is 1.00 bits per heavy atom. The maximum absolute atomic E-state index is 14.0. The number of methoxy groups -OCH3 is 2. The van der Waals surface area contributed by atoms with Crippen LogP contribution in [0.1, 0.15) is 69.7 Å². The molecule has 266 valence electrons. The highest BCUT2D eigenvalue weighted by Gasteiger charge is 2.86. The van der Waals surface area contributed by atoms with Gasteiger partial charge in [0, 0.05) is 42.3 Å². The number of benzene rings is 1. The van der Waals surface area contributed by atoms with Crippen molar-refractivity contribution in [1.29, 1.82) is 0 Å². The third-order valence-electron chi connectivity index (χ3n) is 14.7. The highest BCUT2D eigenvalue weighted by Crippen LogP contribution is 2.77. The minimum Gasteiger partial charge on any atom is -0.493 e. The number of hydrogen-bond acceptors (Lipinski definition) is 12. The van der Waals surface area contributed by atoms with Crippen LogP contribution in [-0.4, -0.2) is 122 Å². The number of aliphatic hydroxyl groups is 6. The monoisotopic (exact) mass is 673 g/mol. The Kier molecular flexibility index (Phi) is 7.25. The molecule has 0 unspecified atom stereocenters. The van der Waals surface area contributed by atoms with E-state index in [0.29, 0.717) is 36.8 Å². The van der Waals surface area contributed by atoms with Crippen LogP contribution < -0.4 is 9.47 Å². The maximum atomic E-state index is 14.0. The molecule has 3 aliphatic heterocycles. The van der Waals surface area contributed by atoms with Crippen LogP contribution in [0.3, 0.4) is 0 Å². The first kappa shape index (κ1) is 33.1. The molecule has 3 saturated heterocycles. The first-order valence-electron chi connectivity index (χ1n) is 17.7. The molecule has 0 radical (unpaired) electrons. The van der Waals surface area contributed by atoms with Gasteiger partial charge >= 0.3 is 5.97 Å². The van der Waals surface area contributed by atoms with Crippen LogP contribution in [0, 0.1) is 40.9 Å². The molecule has 1 aromatic carbocycles. The predicted molar refractivity (Wildman–Crippen MR) is 169 cm³/mol. The summed E-state index contributed by atoms with van der Waals surface area (Å²) in [6.07, 6.45) is -2.64. The zero-order chi connectivity index (χ0) is 34.3. The smallest absolute Gasteiger partial charge is 0.338 e. The van der Waals surface area contributed by atoms with Crippen molar-refractivity contribution in [2.75, 3.05) is 27.3 Å². The lowest BCUT2D eigenvalue weighted by atomic mass is 9.49. The summed E-state index contributed by atoms with van der Waals surface area (Å²) >= 11 is 0. The van der Waals surface area contributed by atoms with E-state index in [1.165, 1.54) is 26.4 Å². The molecule has 7 aliphatic rings. The zero-order valence-corrected chi connectivity index (χ0v) is 28.4. The average Bonchev–Trinajstić information content (AvgIpc) is 3.33. The first-order chi connectivity index (χ1) is 22.6. The van der Waals surface area contributed by atoms with Crippen molar-refractivity contribution in [3.63, 3.8) is 0 Å². The van der Waals surface area contributed by atoms with Crippen molar-refractivity contribution >= 4 is 5.97 Å². The van der Waals surface area contributed by atoms with Crippen LogP contribution in [-0.2, 0) is 9.47 Å². The Labute approximate surface area is 280 Å². The Hall–Kier alpha value is -2.03. The molecule has 12 nitrogen and oxygen atoms in total. The van der Waals surface area contributed by atoms with E-state index in [1.807, 2.05) is 6.92 Å². The number of carbonyl (C=O) groups is 1. The Balaban J connectivity index is 1.27. The molecule has 4 aliphatic carbocycles. The number of piperidine rings is 2. The van der Waals surface area contributed by atoms with E-state index in [1.54, 1.807) is 13.0 Å². The van der Waals surface area contributed by atoms with E-state index in [-0.39, 0.29) is 24.4 Å². The van der Waals surface area contributed by atoms with Crippen LogP contribution in [0.5, 0.6) is 11.5 Å². The molecule has 0 amide bonds. The van der Waals surface area contributed by atoms with Crippen LogP contribution in [0.4, 0.5) is 0 Å².